The molecule has 0 saturated carbocycles. The predicted octanol–water partition coefficient (Wildman–Crippen LogP) is -0.210. The summed E-state index contributed by atoms with van der Waals surface area (Å²) in [5.74, 6) is -3.47. The molecule has 0 aliphatic heterocycles. The van der Waals surface area contributed by atoms with Gasteiger partial charge >= 0.3 is 5.97 Å². The molecule has 0 heterocycles. The maximum absolute atomic E-state index is 12.8. The first-order valence-electron chi connectivity index (χ1n) is 11.0. The summed E-state index contributed by atoms with van der Waals surface area (Å²) < 4.78 is 0. The number of carbonyl (C=O) groups is 4. The summed E-state index contributed by atoms with van der Waals surface area (Å²) in [5, 5.41) is 26.5. The van der Waals surface area contributed by atoms with Crippen molar-refractivity contribution >= 4 is 23.7 Å². The summed E-state index contributed by atoms with van der Waals surface area (Å²) in [6.07, 6.45) is 0.477. The first kappa shape index (κ1) is 28.1. The zero-order valence-corrected chi connectivity index (χ0v) is 19.6. The van der Waals surface area contributed by atoms with Crippen LogP contribution >= 0.6 is 0 Å². The lowest BCUT2D eigenvalue weighted by Gasteiger charge is -2.26. The summed E-state index contributed by atoms with van der Waals surface area (Å²) in [4.78, 5) is 49.4. The van der Waals surface area contributed by atoms with Crippen LogP contribution in [-0.4, -0.2) is 64.7 Å². The standard InChI is InChI=1S/C23H36N4O6/c1-13(2)10-16(24)20(29)26-18(12-28)21(30)27-19(14(3)4)22(31)25-17(23(32)33)11-15-8-6-5-7-9-15/h5-9,13-14,16-19,28H,10-12,24H2,1-4H3,(H,25,31)(H,26,29)(H,27,30)(H,32,33). The van der Waals surface area contributed by atoms with Crippen molar-refractivity contribution in [2.75, 3.05) is 6.61 Å². The molecule has 0 bridgehead atoms. The number of hydrogen-bond acceptors (Lipinski definition) is 6. The quantitative estimate of drug-likeness (QED) is 0.234. The minimum absolute atomic E-state index is 0.0732. The summed E-state index contributed by atoms with van der Waals surface area (Å²) in [6, 6.07) is 4.42. The van der Waals surface area contributed by atoms with E-state index in [1.807, 2.05) is 13.8 Å². The predicted molar refractivity (Wildman–Crippen MR) is 123 cm³/mol. The number of aliphatic carboxylic acids is 1. The number of carboxylic acid groups (broad SMARTS) is 1. The fraction of sp³-hybridized carbons (Fsp3) is 0.565. The van der Waals surface area contributed by atoms with Crippen LogP contribution in [0.2, 0.25) is 0 Å². The molecule has 1 rings (SSSR count). The van der Waals surface area contributed by atoms with Crippen molar-refractivity contribution in [2.45, 2.75) is 64.7 Å². The van der Waals surface area contributed by atoms with Gasteiger partial charge in [0, 0.05) is 6.42 Å². The van der Waals surface area contributed by atoms with Crippen LogP contribution in [0.5, 0.6) is 0 Å². The Morgan fingerprint density at radius 2 is 1.45 bits per heavy atom. The van der Waals surface area contributed by atoms with Crippen LogP contribution in [0.25, 0.3) is 0 Å². The second kappa shape index (κ2) is 13.5. The van der Waals surface area contributed by atoms with Gasteiger partial charge in [-0.15, -0.1) is 0 Å². The van der Waals surface area contributed by atoms with Crippen LogP contribution in [0.3, 0.4) is 0 Å². The third-order valence-electron chi connectivity index (χ3n) is 5.02. The highest BCUT2D eigenvalue weighted by molar-refractivity contribution is 5.94. The van der Waals surface area contributed by atoms with Crippen LogP contribution in [0.15, 0.2) is 30.3 Å². The number of carboxylic acids is 1. The van der Waals surface area contributed by atoms with E-state index in [-0.39, 0.29) is 12.3 Å². The summed E-state index contributed by atoms with van der Waals surface area (Å²) >= 11 is 0. The van der Waals surface area contributed by atoms with Crippen LogP contribution in [0.1, 0.15) is 39.7 Å². The van der Waals surface area contributed by atoms with E-state index in [1.54, 1.807) is 44.2 Å². The molecule has 4 unspecified atom stereocenters. The first-order valence-corrected chi connectivity index (χ1v) is 11.0. The maximum Gasteiger partial charge on any atom is 0.326 e. The van der Waals surface area contributed by atoms with Gasteiger partial charge in [0.15, 0.2) is 0 Å². The Bertz CT molecular complexity index is 799. The molecule has 0 aliphatic carbocycles. The third kappa shape index (κ3) is 9.58. The van der Waals surface area contributed by atoms with Gasteiger partial charge in [0.05, 0.1) is 12.6 Å². The molecule has 0 aromatic heterocycles. The molecule has 33 heavy (non-hydrogen) atoms. The molecular weight excluding hydrogens is 428 g/mol. The van der Waals surface area contributed by atoms with E-state index >= 15 is 0 Å². The van der Waals surface area contributed by atoms with Crippen molar-refractivity contribution in [3.63, 3.8) is 0 Å². The molecule has 7 N–H and O–H groups in total. The number of benzene rings is 1. The number of carbonyl (C=O) groups excluding carboxylic acids is 3. The van der Waals surface area contributed by atoms with E-state index in [0.717, 1.165) is 5.56 Å². The number of aliphatic hydroxyl groups excluding tert-OH is 1. The third-order valence-corrected chi connectivity index (χ3v) is 5.02. The smallest absolute Gasteiger partial charge is 0.326 e. The topological polar surface area (TPSA) is 171 Å². The van der Waals surface area contributed by atoms with Crippen molar-refractivity contribution in [1.29, 1.82) is 0 Å². The van der Waals surface area contributed by atoms with Crippen LogP contribution in [0.4, 0.5) is 0 Å². The van der Waals surface area contributed by atoms with Crippen molar-refractivity contribution in [3.8, 4) is 0 Å². The van der Waals surface area contributed by atoms with E-state index < -0.39 is 60.4 Å². The highest BCUT2D eigenvalue weighted by atomic mass is 16.4. The van der Waals surface area contributed by atoms with Gasteiger partial charge < -0.3 is 31.9 Å². The Kier molecular flexibility index (Phi) is 11.5. The molecule has 0 spiro atoms. The van der Waals surface area contributed by atoms with E-state index in [1.165, 1.54) is 0 Å². The Morgan fingerprint density at radius 3 is 1.94 bits per heavy atom. The fourth-order valence-corrected chi connectivity index (χ4v) is 3.19. The summed E-state index contributed by atoms with van der Waals surface area (Å²) in [7, 11) is 0. The first-order chi connectivity index (χ1) is 15.5. The lowest BCUT2D eigenvalue weighted by atomic mass is 10.0. The molecule has 0 radical (unpaired) electrons. The minimum Gasteiger partial charge on any atom is -0.480 e. The molecule has 184 valence electrons. The average Bonchev–Trinajstić information content (AvgIpc) is 2.74. The average molecular weight is 465 g/mol. The van der Waals surface area contributed by atoms with E-state index in [9.17, 15) is 29.4 Å². The van der Waals surface area contributed by atoms with Crippen LogP contribution in [-0.2, 0) is 25.6 Å². The van der Waals surface area contributed by atoms with Crippen LogP contribution < -0.4 is 21.7 Å². The maximum atomic E-state index is 12.8. The van der Waals surface area contributed by atoms with E-state index in [2.05, 4.69) is 16.0 Å². The van der Waals surface area contributed by atoms with Gasteiger partial charge in [-0.05, 0) is 23.8 Å². The molecular formula is C23H36N4O6. The fourth-order valence-electron chi connectivity index (χ4n) is 3.19. The Hall–Kier alpha value is -2.98. The molecule has 10 heteroatoms. The van der Waals surface area contributed by atoms with Crippen LogP contribution in [0, 0.1) is 11.8 Å². The molecule has 0 saturated heterocycles. The van der Waals surface area contributed by atoms with Crippen molar-refractivity contribution in [2.24, 2.45) is 17.6 Å². The highest BCUT2D eigenvalue weighted by Gasteiger charge is 2.31. The molecule has 0 fully saturated rings. The van der Waals surface area contributed by atoms with Gasteiger partial charge in [0.25, 0.3) is 0 Å². The Balaban J connectivity index is 2.84. The monoisotopic (exact) mass is 464 g/mol. The minimum atomic E-state index is -1.30. The largest absolute Gasteiger partial charge is 0.480 e. The molecule has 1 aromatic carbocycles. The Labute approximate surface area is 194 Å². The second-order valence-corrected chi connectivity index (χ2v) is 8.80. The van der Waals surface area contributed by atoms with Gasteiger partial charge in [0.1, 0.15) is 18.1 Å². The van der Waals surface area contributed by atoms with Gasteiger partial charge in [-0.2, -0.15) is 0 Å². The summed E-state index contributed by atoms with van der Waals surface area (Å²) in [6.45, 7) is 6.48. The summed E-state index contributed by atoms with van der Waals surface area (Å²) in [5.41, 5.74) is 6.55. The van der Waals surface area contributed by atoms with Gasteiger partial charge in [0.2, 0.25) is 17.7 Å². The normalized spacial score (nSPS) is 14.8. The number of nitrogens with two attached hydrogens (primary N) is 1. The van der Waals surface area contributed by atoms with Crippen molar-refractivity contribution < 1.29 is 29.4 Å². The molecule has 1 aromatic rings. The van der Waals surface area contributed by atoms with E-state index in [0.29, 0.717) is 6.42 Å². The zero-order chi connectivity index (χ0) is 25.1. The second-order valence-electron chi connectivity index (χ2n) is 8.80. The molecule has 10 nitrogen and oxygen atoms in total. The number of rotatable bonds is 13. The number of aliphatic hydroxyl groups is 1. The molecule has 4 atom stereocenters. The lowest BCUT2D eigenvalue weighted by Crippen LogP contribution is -2.59. The van der Waals surface area contributed by atoms with Crippen molar-refractivity contribution in [3.05, 3.63) is 35.9 Å². The van der Waals surface area contributed by atoms with Gasteiger partial charge in [-0.3, -0.25) is 14.4 Å². The molecule has 3 amide bonds. The van der Waals surface area contributed by atoms with Gasteiger partial charge in [-0.1, -0.05) is 58.0 Å². The number of amides is 3. The Morgan fingerprint density at radius 1 is 0.879 bits per heavy atom. The highest BCUT2D eigenvalue weighted by Crippen LogP contribution is 2.08. The number of nitrogens with one attached hydrogen (secondary N) is 3. The molecule has 0 aliphatic rings. The van der Waals surface area contributed by atoms with E-state index in [4.69, 9.17) is 5.73 Å². The number of hydrogen-bond donors (Lipinski definition) is 6. The zero-order valence-electron chi connectivity index (χ0n) is 19.6. The SMILES string of the molecule is CC(C)CC(N)C(=O)NC(CO)C(=O)NC(C(=O)NC(Cc1ccccc1)C(=O)O)C(C)C. The van der Waals surface area contributed by atoms with Gasteiger partial charge in [-0.25, -0.2) is 4.79 Å². The van der Waals surface area contributed by atoms with Crippen molar-refractivity contribution in [1.82, 2.24) is 16.0 Å². The lowest BCUT2D eigenvalue weighted by molar-refractivity contribution is -0.142.